The van der Waals surface area contributed by atoms with E-state index in [0.29, 0.717) is 6.42 Å². The van der Waals surface area contributed by atoms with E-state index in [0.717, 1.165) is 11.1 Å². The zero-order valence-electron chi connectivity index (χ0n) is 8.91. The fraction of sp³-hybridized carbons (Fsp3) is 0.417. The van der Waals surface area contributed by atoms with E-state index in [1.807, 2.05) is 38.1 Å². The first-order chi connectivity index (χ1) is 6.65. The highest BCUT2D eigenvalue weighted by Crippen LogP contribution is 2.20. The van der Waals surface area contributed by atoms with Crippen molar-refractivity contribution in [1.29, 1.82) is 0 Å². The molecule has 0 radical (unpaired) electrons. The number of carbonyl (C=O) groups excluding carboxylic acids is 1. The van der Waals surface area contributed by atoms with Crippen LogP contribution in [0.15, 0.2) is 24.3 Å². The van der Waals surface area contributed by atoms with Gasteiger partial charge in [0.05, 0.1) is 0 Å². The zero-order chi connectivity index (χ0) is 10.6. The summed E-state index contributed by atoms with van der Waals surface area (Å²) in [6.07, 6.45) is 0.277. The van der Waals surface area contributed by atoms with Crippen LogP contribution < -0.4 is 0 Å². The van der Waals surface area contributed by atoms with Gasteiger partial charge in [-0.15, -0.1) is 0 Å². The summed E-state index contributed by atoms with van der Waals surface area (Å²) in [5.41, 5.74) is 2.23. The second kappa shape index (κ2) is 4.80. The summed E-state index contributed by atoms with van der Waals surface area (Å²) in [5, 5.41) is 0. The molecule has 14 heavy (non-hydrogen) atoms. The maximum absolute atomic E-state index is 11.1. The third-order valence-electron chi connectivity index (χ3n) is 2.22. The van der Waals surface area contributed by atoms with Gasteiger partial charge in [0.15, 0.2) is 0 Å². The molecule has 2 nitrogen and oxygen atoms in total. The van der Waals surface area contributed by atoms with E-state index >= 15 is 0 Å². The smallest absolute Gasteiger partial charge is 0.306 e. The van der Waals surface area contributed by atoms with Gasteiger partial charge in [0.2, 0.25) is 0 Å². The lowest BCUT2D eigenvalue weighted by Gasteiger charge is -2.14. The molecule has 0 aromatic heterocycles. The van der Waals surface area contributed by atoms with Gasteiger partial charge in [0.1, 0.15) is 6.10 Å². The molecular formula is C12H16O2. The van der Waals surface area contributed by atoms with Gasteiger partial charge in [0.25, 0.3) is 0 Å². The molecule has 0 saturated heterocycles. The van der Waals surface area contributed by atoms with Gasteiger partial charge in [0, 0.05) is 6.42 Å². The minimum absolute atomic E-state index is 0.149. The molecule has 1 rings (SSSR count). The molecule has 0 saturated carbocycles. The molecule has 0 aliphatic carbocycles. The second-order valence-electron chi connectivity index (χ2n) is 3.34. The van der Waals surface area contributed by atoms with Crippen LogP contribution in [0.3, 0.4) is 0 Å². The standard InChI is InChI=1S/C12H16O2/c1-4-12(13)14-10(3)11-8-6-5-7-9(11)2/h5-8,10H,4H2,1-3H3. The van der Waals surface area contributed by atoms with Crippen LogP contribution in [-0.2, 0) is 9.53 Å². The molecule has 1 aromatic carbocycles. The highest BCUT2D eigenvalue weighted by Gasteiger charge is 2.11. The van der Waals surface area contributed by atoms with Crippen molar-refractivity contribution in [2.24, 2.45) is 0 Å². The molecule has 2 heteroatoms. The van der Waals surface area contributed by atoms with Crippen molar-refractivity contribution in [3.05, 3.63) is 35.4 Å². The average molecular weight is 192 g/mol. The van der Waals surface area contributed by atoms with Crippen LogP contribution in [0.5, 0.6) is 0 Å². The van der Waals surface area contributed by atoms with Crippen molar-refractivity contribution in [2.75, 3.05) is 0 Å². The molecule has 1 atom stereocenters. The third kappa shape index (κ3) is 2.59. The monoisotopic (exact) mass is 192 g/mol. The van der Waals surface area contributed by atoms with Gasteiger partial charge in [-0.3, -0.25) is 4.79 Å². The van der Waals surface area contributed by atoms with E-state index in [2.05, 4.69) is 0 Å². The lowest BCUT2D eigenvalue weighted by Crippen LogP contribution is -2.08. The lowest BCUT2D eigenvalue weighted by atomic mass is 10.0. The molecule has 76 valence electrons. The Morgan fingerprint density at radius 2 is 2.07 bits per heavy atom. The molecule has 0 heterocycles. The highest BCUT2D eigenvalue weighted by molar-refractivity contribution is 5.69. The Balaban J connectivity index is 2.74. The minimum Gasteiger partial charge on any atom is -0.458 e. The molecule has 1 aromatic rings. The fourth-order valence-electron chi connectivity index (χ4n) is 1.39. The van der Waals surface area contributed by atoms with Crippen LogP contribution in [0.1, 0.15) is 37.5 Å². The Morgan fingerprint density at radius 3 is 2.64 bits per heavy atom. The van der Waals surface area contributed by atoms with E-state index in [4.69, 9.17) is 4.74 Å². The van der Waals surface area contributed by atoms with Crippen molar-refractivity contribution < 1.29 is 9.53 Å². The van der Waals surface area contributed by atoms with Gasteiger partial charge in [-0.2, -0.15) is 0 Å². The van der Waals surface area contributed by atoms with E-state index in [1.165, 1.54) is 0 Å². The third-order valence-corrected chi connectivity index (χ3v) is 2.22. The summed E-state index contributed by atoms with van der Waals surface area (Å²) in [7, 11) is 0. The van der Waals surface area contributed by atoms with Crippen molar-refractivity contribution in [3.63, 3.8) is 0 Å². The molecule has 0 aliphatic heterocycles. The first kappa shape index (κ1) is 10.8. The number of rotatable bonds is 3. The predicted octanol–water partition coefficient (Wildman–Crippen LogP) is 3.01. The minimum atomic E-state index is -0.152. The number of esters is 1. The van der Waals surface area contributed by atoms with Gasteiger partial charge in [-0.05, 0) is 25.0 Å². The van der Waals surface area contributed by atoms with Gasteiger partial charge in [-0.1, -0.05) is 31.2 Å². The Morgan fingerprint density at radius 1 is 1.43 bits per heavy atom. The first-order valence-corrected chi connectivity index (χ1v) is 4.90. The van der Waals surface area contributed by atoms with Crippen molar-refractivity contribution in [3.8, 4) is 0 Å². The second-order valence-corrected chi connectivity index (χ2v) is 3.34. The Hall–Kier alpha value is -1.31. The highest BCUT2D eigenvalue weighted by atomic mass is 16.5. The summed E-state index contributed by atoms with van der Waals surface area (Å²) in [5.74, 6) is -0.152. The van der Waals surface area contributed by atoms with Crippen LogP contribution >= 0.6 is 0 Å². The average Bonchev–Trinajstić information content (AvgIpc) is 2.18. The topological polar surface area (TPSA) is 26.3 Å². The summed E-state index contributed by atoms with van der Waals surface area (Å²) in [6.45, 7) is 5.72. The Kier molecular flexibility index (Phi) is 3.69. The number of hydrogen-bond acceptors (Lipinski definition) is 2. The van der Waals surface area contributed by atoms with Gasteiger partial charge >= 0.3 is 5.97 Å². The molecule has 0 amide bonds. The van der Waals surface area contributed by atoms with Gasteiger partial charge in [-0.25, -0.2) is 0 Å². The lowest BCUT2D eigenvalue weighted by molar-refractivity contribution is -0.148. The van der Waals surface area contributed by atoms with Crippen LogP contribution in [0.25, 0.3) is 0 Å². The molecule has 0 fully saturated rings. The molecule has 0 N–H and O–H groups in total. The van der Waals surface area contributed by atoms with E-state index in [1.54, 1.807) is 6.92 Å². The molecular weight excluding hydrogens is 176 g/mol. The molecule has 1 unspecified atom stereocenters. The van der Waals surface area contributed by atoms with Crippen molar-refractivity contribution in [1.82, 2.24) is 0 Å². The SMILES string of the molecule is CCC(=O)OC(C)c1ccccc1C. The zero-order valence-corrected chi connectivity index (χ0v) is 8.91. The molecule has 0 spiro atoms. The molecule has 0 aliphatic rings. The normalized spacial score (nSPS) is 12.2. The maximum Gasteiger partial charge on any atom is 0.306 e. The van der Waals surface area contributed by atoms with E-state index in [9.17, 15) is 4.79 Å². The number of benzene rings is 1. The Labute approximate surface area is 84.9 Å². The van der Waals surface area contributed by atoms with Crippen LogP contribution in [0.2, 0.25) is 0 Å². The number of aryl methyl sites for hydroxylation is 1. The van der Waals surface area contributed by atoms with Crippen LogP contribution in [0.4, 0.5) is 0 Å². The van der Waals surface area contributed by atoms with Crippen LogP contribution in [0, 0.1) is 6.92 Å². The number of hydrogen-bond donors (Lipinski definition) is 0. The van der Waals surface area contributed by atoms with Gasteiger partial charge < -0.3 is 4.74 Å². The first-order valence-electron chi connectivity index (χ1n) is 4.90. The summed E-state index contributed by atoms with van der Waals surface area (Å²) in [6, 6.07) is 7.94. The number of carbonyl (C=O) groups is 1. The Bertz CT molecular complexity index is 318. The predicted molar refractivity (Wildman–Crippen MR) is 56.0 cm³/mol. The summed E-state index contributed by atoms with van der Waals surface area (Å²) in [4.78, 5) is 11.1. The van der Waals surface area contributed by atoms with E-state index in [-0.39, 0.29) is 12.1 Å². The maximum atomic E-state index is 11.1. The fourth-order valence-corrected chi connectivity index (χ4v) is 1.39. The quantitative estimate of drug-likeness (QED) is 0.688. The van der Waals surface area contributed by atoms with Crippen molar-refractivity contribution >= 4 is 5.97 Å². The van der Waals surface area contributed by atoms with Crippen LogP contribution in [-0.4, -0.2) is 5.97 Å². The number of ether oxygens (including phenoxy) is 1. The summed E-state index contributed by atoms with van der Waals surface area (Å²) < 4.78 is 5.23. The van der Waals surface area contributed by atoms with Crippen molar-refractivity contribution in [2.45, 2.75) is 33.3 Å². The molecule has 0 bridgehead atoms. The summed E-state index contributed by atoms with van der Waals surface area (Å²) >= 11 is 0. The van der Waals surface area contributed by atoms with E-state index < -0.39 is 0 Å². The largest absolute Gasteiger partial charge is 0.458 e.